The maximum Gasteiger partial charge on any atom is 0.277 e. The lowest BCUT2D eigenvalue weighted by Crippen LogP contribution is -2.24. The van der Waals surface area contributed by atoms with Crippen molar-refractivity contribution < 1.29 is 14.3 Å². The van der Waals surface area contributed by atoms with E-state index in [9.17, 15) is 4.79 Å². The van der Waals surface area contributed by atoms with Crippen LogP contribution in [0.25, 0.3) is 0 Å². The summed E-state index contributed by atoms with van der Waals surface area (Å²) in [6, 6.07) is 13.7. The highest BCUT2D eigenvalue weighted by molar-refractivity contribution is 5.83. The summed E-state index contributed by atoms with van der Waals surface area (Å²) in [7, 11) is 0. The monoisotopic (exact) mass is 380 g/mol. The average Bonchev–Trinajstić information content (AvgIpc) is 2.71. The maximum absolute atomic E-state index is 11.9. The van der Waals surface area contributed by atoms with Crippen LogP contribution >= 0.6 is 0 Å². The Bertz CT molecular complexity index is 813. The lowest BCUT2D eigenvalue weighted by Gasteiger charge is -2.16. The fourth-order valence-corrected chi connectivity index (χ4v) is 3.07. The Labute approximate surface area is 166 Å². The number of rotatable bonds is 8. The summed E-state index contributed by atoms with van der Waals surface area (Å²) in [5, 5.41) is 3.98. The highest BCUT2D eigenvalue weighted by atomic mass is 16.5. The highest BCUT2D eigenvalue weighted by Crippen LogP contribution is 2.25. The van der Waals surface area contributed by atoms with Crippen molar-refractivity contribution in [2.45, 2.75) is 39.5 Å². The number of amides is 1. The Hall–Kier alpha value is -2.82. The van der Waals surface area contributed by atoms with Gasteiger partial charge in [-0.25, -0.2) is 5.43 Å². The lowest BCUT2D eigenvalue weighted by atomic mass is 9.92. The summed E-state index contributed by atoms with van der Waals surface area (Å²) in [5.74, 6) is 1.76. The molecule has 5 heteroatoms. The molecule has 5 nitrogen and oxygen atoms in total. The summed E-state index contributed by atoms with van der Waals surface area (Å²) in [6.07, 6.45) is 6.29. The number of fused-ring (bicyclic) bond motifs is 1. The lowest BCUT2D eigenvalue weighted by molar-refractivity contribution is -0.123. The van der Waals surface area contributed by atoms with E-state index in [1.54, 1.807) is 6.21 Å². The second kappa shape index (κ2) is 9.93. The van der Waals surface area contributed by atoms with Gasteiger partial charge in [0, 0.05) is 0 Å². The Morgan fingerprint density at radius 2 is 1.75 bits per heavy atom. The first-order valence-corrected chi connectivity index (χ1v) is 9.89. The molecule has 0 bridgehead atoms. The standard InChI is InChI=1S/C23H28N2O3/c1-17(2)15-27-21-10-7-18(8-11-21)14-24-25-23(26)16-28-22-12-9-19-5-3-4-6-20(19)13-22/h7-14,17H,3-6,15-16H2,1-2H3,(H,25,26)/b24-14-. The van der Waals surface area contributed by atoms with Gasteiger partial charge in [0.1, 0.15) is 11.5 Å². The van der Waals surface area contributed by atoms with E-state index < -0.39 is 0 Å². The van der Waals surface area contributed by atoms with Crippen LogP contribution in [0.3, 0.4) is 0 Å². The van der Waals surface area contributed by atoms with Crippen molar-refractivity contribution in [1.82, 2.24) is 5.43 Å². The van der Waals surface area contributed by atoms with Crippen molar-refractivity contribution >= 4 is 12.1 Å². The average molecular weight is 380 g/mol. The molecule has 2 aromatic carbocycles. The molecule has 0 fully saturated rings. The van der Waals surface area contributed by atoms with Gasteiger partial charge in [-0.2, -0.15) is 5.10 Å². The zero-order valence-electron chi connectivity index (χ0n) is 16.6. The SMILES string of the molecule is CC(C)COc1ccc(/C=N\NC(=O)COc2ccc3c(c2)CCCC3)cc1. The first-order chi connectivity index (χ1) is 13.6. The molecule has 1 aliphatic carbocycles. The van der Waals surface area contributed by atoms with Gasteiger partial charge in [0.15, 0.2) is 6.61 Å². The van der Waals surface area contributed by atoms with Crippen LogP contribution in [-0.4, -0.2) is 25.3 Å². The van der Waals surface area contributed by atoms with E-state index in [0.717, 1.165) is 29.9 Å². The molecule has 0 heterocycles. The summed E-state index contributed by atoms with van der Waals surface area (Å²) in [4.78, 5) is 11.9. The van der Waals surface area contributed by atoms with Gasteiger partial charge >= 0.3 is 0 Å². The zero-order valence-corrected chi connectivity index (χ0v) is 16.6. The van der Waals surface area contributed by atoms with Gasteiger partial charge < -0.3 is 9.47 Å². The number of benzene rings is 2. The molecule has 0 radical (unpaired) electrons. The molecular formula is C23H28N2O3. The van der Waals surface area contributed by atoms with E-state index in [0.29, 0.717) is 12.5 Å². The predicted octanol–water partition coefficient (Wildman–Crippen LogP) is 4.13. The van der Waals surface area contributed by atoms with Crippen molar-refractivity contribution in [1.29, 1.82) is 0 Å². The van der Waals surface area contributed by atoms with Crippen LogP contribution in [-0.2, 0) is 17.6 Å². The van der Waals surface area contributed by atoms with Crippen LogP contribution in [0.2, 0.25) is 0 Å². The fourth-order valence-electron chi connectivity index (χ4n) is 3.07. The largest absolute Gasteiger partial charge is 0.493 e. The third-order valence-corrected chi connectivity index (χ3v) is 4.56. The molecule has 0 aliphatic heterocycles. The topological polar surface area (TPSA) is 59.9 Å². The Balaban J connectivity index is 1.42. The van der Waals surface area contributed by atoms with Crippen molar-refractivity contribution in [2.75, 3.05) is 13.2 Å². The van der Waals surface area contributed by atoms with Crippen molar-refractivity contribution in [2.24, 2.45) is 11.0 Å². The third kappa shape index (κ3) is 6.12. The normalized spacial score (nSPS) is 13.4. The number of nitrogens with zero attached hydrogens (tertiary/aromatic N) is 1. The molecule has 0 saturated carbocycles. The molecule has 1 N–H and O–H groups in total. The molecule has 3 rings (SSSR count). The summed E-state index contributed by atoms with van der Waals surface area (Å²) < 4.78 is 11.2. The van der Waals surface area contributed by atoms with Crippen molar-refractivity contribution in [3.05, 3.63) is 59.2 Å². The molecule has 28 heavy (non-hydrogen) atoms. The van der Waals surface area contributed by atoms with Crippen LogP contribution < -0.4 is 14.9 Å². The van der Waals surface area contributed by atoms with E-state index >= 15 is 0 Å². The van der Waals surface area contributed by atoms with E-state index in [4.69, 9.17) is 9.47 Å². The molecule has 1 amide bonds. The first kappa shape index (κ1) is 19.9. The molecule has 0 aromatic heterocycles. The van der Waals surface area contributed by atoms with Gasteiger partial charge in [-0.1, -0.05) is 19.9 Å². The minimum atomic E-state index is -0.286. The number of ether oxygens (including phenoxy) is 2. The Kier molecular flexibility index (Phi) is 7.06. The number of aryl methyl sites for hydroxylation is 2. The van der Waals surface area contributed by atoms with E-state index in [2.05, 4.69) is 30.4 Å². The molecule has 148 valence electrons. The van der Waals surface area contributed by atoms with Crippen LogP contribution in [0.4, 0.5) is 0 Å². The second-order valence-corrected chi connectivity index (χ2v) is 7.49. The number of hydrogen-bond donors (Lipinski definition) is 1. The van der Waals surface area contributed by atoms with Gasteiger partial charge in [-0.15, -0.1) is 0 Å². The molecule has 0 atom stereocenters. The van der Waals surface area contributed by atoms with Gasteiger partial charge in [0.05, 0.1) is 12.8 Å². The quantitative estimate of drug-likeness (QED) is 0.553. The van der Waals surface area contributed by atoms with Gasteiger partial charge in [-0.05, 0) is 84.7 Å². The molecule has 1 aliphatic rings. The number of carbonyl (C=O) groups is 1. The highest BCUT2D eigenvalue weighted by Gasteiger charge is 2.10. The summed E-state index contributed by atoms with van der Waals surface area (Å²) >= 11 is 0. The predicted molar refractivity (Wildman–Crippen MR) is 111 cm³/mol. The summed E-state index contributed by atoms with van der Waals surface area (Å²) in [6.45, 7) is 4.85. The van der Waals surface area contributed by atoms with E-state index in [-0.39, 0.29) is 12.5 Å². The van der Waals surface area contributed by atoms with Crippen LogP contribution in [0.1, 0.15) is 43.4 Å². The maximum atomic E-state index is 11.9. The molecule has 0 unspecified atom stereocenters. The van der Waals surface area contributed by atoms with Gasteiger partial charge in [-0.3, -0.25) is 4.79 Å². The third-order valence-electron chi connectivity index (χ3n) is 4.56. The minimum absolute atomic E-state index is 0.0574. The fraction of sp³-hybridized carbons (Fsp3) is 0.391. The van der Waals surface area contributed by atoms with Crippen molar-refractivity contribution in [3.8, 4) is 11.5 Å². The summed E-state index contributed by atoms with van der Waals surface area (Å²) in [5.41, 5.74) is 6.11. The number of hydrogen-bond acceptors (Lipinski definition) is 4. The van der Waals surface area contributed by atoms with E-state index in [1.165, 1.54) is 24.0 Å². The molecule has 2 aromatic rings. The van der Waals surface area contributed by atoms with Gasteiger partial charge in [0.2, 0.25) is 0 Å². The number of nitrogens with one attached hydrogen (secondary N) is 1. The van der Waals surface area contributed by atoms with Gasteiger partial charge in [0.25, 0.3) is 5.91 Å². The van der Waals surface area contributed by atoms with Crippen molar-refractivity contribution in [3.63, 3.8) is 0 Å². The Morgan fingerprint density at radius 1 is 1.04 bits per heavy atom. The molecular weight excluding hydrogens is 352 g/mol. The molecule has 0 saturated heterocycles. The Morgan fingerprint density at radius 3 is 2.50 bits per heavy atom. The number of carbonyl (C=O) groups excluding carboxylic acids is 1. The zero-order chi connectivity index (χ0) is 19.8. The minimum Gasteiger partial charge on any atom is -0.493 e. The number of hydrazone groups is 1. The molecule has 0 spiro atoms. The van der Waals surface area contributed by atoms with E-state index in [1.807, 2.05) is 36.4 Å². The second-order valence-electron chi connectivity index (χ2n) is 7.49. The van der Waals surface area contributed by atoms with Crippen LogP contribution in [0.5, 0.6) is 11.5 Å². The van der Waals surface area contributed by atoms with Crippen LogP contribution in [0, 0.1) is 5.92 Å². The first-order valence-electron chi connectivity index (χ1n) is 9.89. The van der Waals surface area contributed by atoms with Crippen LogP contribution in [0.15, 0.2) is 47.6 Å². The smallest absolute Gasteiger partial charge is 0.277 e.